The minimum Gasteiger partial charge on any atom is -0.489 e. The molecule has 2 N–H and O–H groups in total. The van der Waals surface area contributed by atoms with Crippen LogP contribution in [0.15, 0.2) is 42.5 Å². The molecule has 2 aromatic carbocycles. The minimum absolute atomic E-state index is 0.0216. The number of aliphatic hydroxyl groups excluding tert-OH is 1. The molecule has 0 saturated carbocycles. The van der Waals surface area contributed by atoms with Gasteiger partial charge in [0.05, 0.1) is 5.56 Å². The summed E-state index contributed by atoms with van der Waals surface area (Å²) in [6.07, 6.45) is 0.565. The molecule has 0 aliphatic heterocycles. The maximum atomic E-state index is 13.6. The minimum atomic E-state index is -1.11. The average molecular weight is 290 g/mol. The molecular weight excluding hydrogens is 275 g/mol. The van der Waals surface area contributed by atoms with Gasteiger partial charge in [0.25, 0.3) is 0 Å². The lowest BCUT2D eigenvalue weighted by Gasteiger charge is -2.08. The monoisotopic (exact) mass is 290 g/mol. The topological polar surface area (TPSA) is 66.8 Å². The van der Waals surface area contributed by atoms with E-state index in [9.17, 15) is 9.18 Å². The molecule has 0 atom stereocenters. The van der Waals surface area contributed by atoms with Gasteiger partial charge in [-0.25, -0.2) is 9.18 Å². The number of rotatable bonds is 6. The van der Waals surface area contributed by atoms with Crippen LogP contribution in [0, 0.1) is 5.82 Å². The quantitative estimate of drug-likeness (QED) is 0.858. The predicted molar refractivity (Wildman–Crippen MR) is 74.9 cm³/mol. The van der Waals surface area contributed by atoms with Crippen LogP contribution in [0.1, 0.15) is 21.5 Å². The zero-order valence-electron chi connectivity index (χ0n) is 11.3. The first kappa shape index (κ1) is 15.0. The number of hydrogen-bond acceptors (Lipinski definition) is 3. The molecule has 2 aromatic rings. The number of carbonyl (C=O) groups is 1. The molecule has 0 aliphatic rings. The van der Waals surface area contributed by atoms with Gasteiger partial charge in [-0.1, -0.05) is 12.1 Å². The van der Waals surface area contributed by atoms with Crippen LogP contribution >= 0.6 is 0 Å². The van der Waals surface area contributed by atoms with E-state index in [1.165, 1.54) is 12.1 Å². The summed E-state index contributed by atoms with van der Waals surface area (Å²) in [5, 5.41) is 17.7. The van der Waals surface area contributed by atoms with Gasteiger partial charge in [0.2, 0.25) is 0 Å². The van der Waals surface area contributed by atoms with Crippen molar-refractivity contribution in [2.75, 3.05) is 6.61 Å². The molecule has 0 heterocycles. The highest BCUT2D eigenvalue weighted by Crippen LogP contribution is 2.17. The summed E-state index contributed by atoms with van der Waals surface area (Å²) in [5.41, 5.74) is 1.19. The summed E-state index contributed by atoms with van der Waals surface area (Å²) >= 11 is 0. The molecule has 0 aliphatic carbocycles. The van der Waals surface area contributed by atoms with Crippen molar-refractivity contribution in [1.29, 1.82) is 0 Å². The van der Waals surface area contributed by atoms with Crippen LogP contribution in [0.5, 0.6) is 5.75 Å². The fourth-order valence-electron chi connectivity index (χ4n) is 1.86. The van der Waals surface area contributed by atoms with Crippen LogP contribution in [0.25, 0.3) is 0 Å². The van der Waals surface area contributed by atoms with E-state index < -0.39 is 11.8 Å². The number of hydrogen-bond donors (Lipinski definition) is 2. The van der Waals surface area contributed by atoms with E-state index >= 15 is 0 Å². The zero-order valence-corrected chi connectivity index (χ0v) is 11.3. The van der Waals surface area contributed by atoms with E-state index in [1.54, 1.807) is 12.1 Å². The van der Waals surface area contributed by atoms with Crippen LogP contribution in [0.2, 0.25) is 0 Å². The normalized spacial score (nSPS) is 10.4. The zero-order chi connectivity index (χ0) is 15.2. The van der Waals surface area contributed by atoms with Crippen molar-refractivity contribution in [3.05, 3.63) is 65.0 Å². The van der Waals surface area contributed by atoms with E-state index in [0.717, 1.165) is 11.6 Å². The summed E-state index contributed by atoms with van der Waals surface area (Å²) in [6.45, 7) is 0.0275. The van der Waals surface area contributed by atoms with E-state index in [0.29, 0.717) is 12.2 Å². The fourth-order valence-corrected chi connectivity index (χ4v) is 1.86. The third-order valence-corrected chi connectivity index (χ3v) is 3.01. The van der Waals surface area contributed by atoms with Crippen molar-refractivity contribution in [3.8, 4) is 5.75 Å². The van der Waals surface area contributed by atoms with Crippen molar-refractivity contribution >= 4 is 5.97 Å². The SMILES string of the molecule is O=C(O)c1ccc(F)c(COc2ccc(CCO)cc2)c1. The number of carboxylic acid groups (broad SMARTS) is 1. The van der Waals surface area contributed by atoms with E-state index in [4.69, 9.17) is 14.9 Å². The molecule has 0 bridgehead atoms. The molecule has 0 saturated heterocycles. The lowest BCUT2D eigenvalue weighted by molar-refractivity contribution is 0.0696. The molecule has 0 radical (unpaired) electrons. The van der Waals surface area contributed by atoms with Gasteiger partial charge in [0.1, 0.15) is 18.2 Å². The summed E-state index contributed by atoms with van der Waals surface area (Å²) in [6, 6.07) is 10.7. The Balaban J connectivity index is 2.05. The molecule has 5 heteroatoms. The number of halogens is 1. The van der Waals surface area contributed by atoms with Gasteiger partial charge < -0.3 is 14.9 Å². The van der Waals surface area contributed by atoms with E-state index in [-0.39, 0.29) is 24.3 Å². The predicted octanol–water partition coefficient (Wildman–Crippen LogP) is 2.64. The Kier molecular flexibility index (Phi) is 4.90. The average Bonchev–Trinajstić information content (AvgIpc) is 2.48. The Morgan fingerprint density at radius 2 is 1.86 bits per heavy atom. The first-order valence-corrected chi connectivity index (χ1v) is 6.44. The highest BCUT2D eigenvalue weighted by atomic mass is 19.1. The number of benzene rings is 2. The van der Waals surface area contributed by atoms with Gasteiger partial charge in [-0.3, -0.25) is 0 Å². The lowest BCUT2D eigenvalue weighted by atomic mass is 10.1. The molecule has 0 spiro atoms. The van der Waals surface area contributed by atoms with Gasteiger partial charge >= 0.3 is 5.97 Å². The number of ether oxygens (including phenoxy) is 1. The summed E-state index contributed by atoms with van der Waals surface area (Å²) in [5.74, 6) is -1.06. The highest BCUT2D eigenvalue weighted by molar-refractivity contribution is 5.87. The first-order valence-electron chi connectivity index (χ1n) is 6.44. The Bertz CT molecular complexity index is 623. The third-order valence-electron chi connectivity index (χ3n) is 3.01. The number of carboxylic acids is 1. The van der Waals surface area contributed by atoms with Gasteiger partial charge in [0.15, 0.2) is 0 Å². The summed E-state index contributed by atoms with van der Waals surface area (Å²) in [7, 11) is 0. The largest absolute Gasteiger partial charge is 0.489 e. The van der Waals surface area contributed by atoms with E-state index in [1.807, 2.05) is 12.1 Å². The Morgan fingerprint density at radius 3 is 2.48 bits per heavy atom. The number of aromatic carboxylic acids is 1. The second-order valence-electron chi connectivity index (χ2n) is 4.52. The van der Waals surface area contributed by atoms with Crippen molar-refractivity contribution in [2.24, 2.45) is 0 Å². The van der Waals surface area contributed by atoms with Gasteiger partial charge in [0, 0.05) is 12.2 Å². The molecule has 110 valence electrons. The number of aliphatic hydroxyl groups is 1. The van der Waals surface area contributed by atoms with Crippen molar-refractivity contribution in [1.82, 2.24) is 0 Å². The molecule has 0 amide bonds. The molecule has 0 unspecified atom stereocenters. The van der Waals surface area contributed by atoms with Crippen molar-refractivity contribution < 1.29 is 24.1 Å². The molecule has 0 aromatic heterocycles. The second kappa shape index (κ2) is 6.85. The van der Waals surface area contributed by atoms with Crippen molar-refractivity contribution in [3.63, 3.8) is 0 Å². The Labute approximate surface area is 121 Å². The van der Waals surface area contributed by atoms with Crippen molar-refractivity contribution in [2.45, 2.75) is 13.0 Å². The molecule has 0 fully saturated rings. The highest BCUT2D eigenvalue weighted by Gasteiger charge is 2.09. The van der Waals surface area contributed by atoms with Gasteiger partial charge in [-0.2, -0.15) is 0 Å². The first-order chi connectivity index (χ1) is 10.1. The second-order valence-corrected chi connectivity index (χ2v) is 4.52. The Morgan fingerprint density at radius 1 is 1.14 bits per heavy atom. The van der Waals surface area contributed by atoms with Gasteiger partial charge in [-0.15, -0.1) is 0 Å². The molecule has 4 nitrogen and oxygen atoms in total. The Hall–Kier alpha value is -2.40. The standard InChI is InChI=1S/C16H15FO4/c17-15-6-3-12(16(19)20)9-13(15)10-21-14-4-1-11(2-5-14)7-8-18/h1-6,9,18H,7-8,10H2,(H,19,20). The molecular formula is C16H15FO4. The molecule has 2 rings (SSSR count). The van der Waals surface area contributed by atoms with Gasteiger partial charge in [-0.05, 0) is 42.3 Å². The van der Waals surface area contributed by atoms with Crippen LogP contribution in [-0.2, 0) is 13.0 Å². The fraction of sp³-hybridized carbons (Fsp3) is 0.188. The van der Waals surface area contributed by atoms with Crippen LogP contribution < -0.4 is 4.74 Å². The smallest absolute Gasteiger partial charge is 0.335 e. The van der Waals surface area contributed by atoms with Crippen LogP contribution in [0.3, 0.4) is 0 Å². The summed E-state index contributed by atoms with van der Waals surface area (Å²) in [4.78, 5) is 10.9. The molecule has 21 heavy (non-hydrogen) atoms. The third kappa shape index (κ3) is 4.03. The van der Waals surface area contributed by atoms with Crippen LogP contribution in [-0.4, -0.2) is 22.8 Å². The van der Waals surface area contributed by atoms with Crippen LogP contribution in [0.4, 0.5) is 4.39 Å². The maximum absolute atomic E-state index is 13.6. The summed E-state index contributed by atoms with van der Waals surface area (Å²) < 4.78 is 19.0. The lowest BCUT2D eigenvalue weighted by Crippen LogP contribution is -2.03. The maximum Gasteiger partial charge on any atom is 0.335 e. The van der Waals surface area contributed by atoms with E-state index in [2.05, 4.69) is 0 Å².